The Labute approximate surface area is 137 Å². The summed E-state index contributed by atoms with van der Waals surface area (Å²) < 4.78 is 5.27. The molecule has 0 N–H and O–H groups in total. The molecule has 2 saturated heterocycles. The molecule has 0 radical (unpaired) electrons. The number of rotatable bonds is 3. The summed E-state index contributed by atoms with van der Waals surface area (Å²) in [7, 11) is 0. The fraction of sp³-hybridized carbons (Fsp3) is 0.333. The first-order chi connectivity index (χ1) is 10.6. The van der Waals surface area contributed by atoms with Gasteiger partial charge in [0.25, 0.3) is 11.1 Å². The van der Waals surface area contributed by atoms with Crippen molar-refractivity contribution in [1.29, 1.82) is 0 Å². The smallest absolute Gasteiger partial charge is 0.294 e. The lowest BCUT2D eigenvalue weighted by Gasteiger charge is -2.29. The zero-order valence-corrected chi connectivity index (χ0v) is 13.4. The van der Waals surface area contributed by atoms with E-state index >= 15 is 0 Å². The van der Waals surface area contributed by atoms with Gasteiger partial charge in [0.2, 0.25) is 0 Å². The van der Waals surface area contributed by atoms with Gasteiger partial charge in [0.05, 0.1) is 24.8 Å². The molecule has 3 rings (SSSR count). The molecule has 0 spiro atoms. The van der Waals surface area contributed by atoms with E-state index < -0.39 is 0 Å². The van der Waals surface area contributed by atoms with Gasteiger partial charge in [-0.05, 0) is 35.5 Å². The first kappa shape index (κ1) is 15.6. The van der Waals surface area contributed by atoms with Crippen LogP contribution in [0.25, 0.3) is 6.08 Å². The van der Waals surface area contributed by atoms with Gasteiger partial charge in [-0.25, -0.2) is 0 Å². The molecule has 7 heteroatoms. The van der Waals surface area contributed by atoms with Crippen LogP contribution < -0.4 is 0 Å². The van der Waals surface area contributed by atoms with Crippen molar-refractivity contribution in [2.75, 3.05) is 33.0 Å². The predicted molar refractivity (Wildman–Crippen MR) is 86.5 cm³/mol. The largest absolute Gasteiger partial charge is 0.379 e. The van der Waals surface area contributed by atoms with E-state index in [1.54, 1.807) is 18.2 Å². The number of amides is 2. The maximum absolute atomic E-state index is 12.4. The SMILES string of the molecule is O=C1S/C(=C/c2cccc(Cl)c2)C(=O)N1CN1CCOCC1. The van der Waals surface area contributed by atoms with Crippen LogP contribution in [0.15, 0.2) is 29.2 Å². The first-order valence-electron chi connectivity index (χ1n) is 6.94. The lowest BCUT2D eigenvalue weighted by Crippen LogP contribution is -2.45. The topological polar surface area (TPSA) is 49.9 Å². The number of halogens is 1. The van der Waals surface area contributed by atoms with Crippen LogP contribution in [-0.4, -0.2) is 53.9 Å². The number of benzene rings is 1. The molecule has 2 amide bonds. The lowest BCUT2D eigenvalue weighted by atomic mass is 10.2. The molecule has 0 saturated carbocycles. The minimum atomic E-state index is -0.249. The van der Waals surface area contributed by atoms with Crippen LogP contribution in [0.2, 0.25) is 5.02 Å². The van der Waals surface area contributed by atoms with E-state index in [2.05, 4.69) is 0 Å². The Morgan fingerprint density at radius 3 is 2.77 bits per heavy atom. The Bertz CT molecular complexity index is 629. The molecule has 2 aliphatic rings. The molecule has 2 aliphatic heterocycles. The van der Waals surface area contributed by atoms with Crippen molar-refractivity contribution in [1.82, 2.24) is 9.80 Å². The lowest BCUT2D eigenvalue weighted by molar-refractivity contribution is -0.125. The third-order valence-corrected chi connectivity index (χ3v) is 4.61. The van der Waals surface area contributed by atoms with E-state index in [0.29, 0.717) is 29.8 Å². The van der Waals surface area contributed by atoms with Crippen molar-refractivity contribution in [3.63, 3.8) is 0 Å². The molecule has 116 valence electrons. The van der Waals surface area contributed by atoms with Gasteiger partial charge in [-0.1, -0.05) is 23.7 Å². The molecule has 2 fully saturated rings. The molecule has 1 aromatic rings. The number of morpholine rings is 1. The molecule has 0 atom stereocenters. The van der Waals surface area contributed by atoms with Gasteiger partial charge in [0, 0.05) is 18.1 Å². The van der Waals surface area contributed by atoms with E-state index in [9.17, 15) is 9.59 Å². The summed E-state index contributed by atoms with van der Waals surface area (Å²) >= 11 is 6.90. The second-order valence-electron chi connectivity index (χ2n) is 5.04. The summed E-state index contributed by atoms with van der Waals surface area (Å²) in [6, 6.07) is 7.19. The highest BCUT2D eigenvalue weighted by Gasteiger charge is 2.36. The van der Waals surface area contributed by atoms with E-state index in [4.69, 9.17) is 16.3 Å². The Kier molecular flexibility index (Phi) is 4.83. The fourth-order valence-electron chi connectivity index (χ4n) is 2.31. The average Bonchev–Trinajstić information content (AvgIpc) is 2.76. The molecule has 2 heterocycles. The summed E-state index contributed by atoms with van der Waals surface area (Å²) in [5.41, 5.74) is 0.810. The quantitative estimate of drug-likeness (QED) is 0.793. The minimum Gasteiger partial charge on any atom is -0.379 e. The third-order valence-electron chi connectivity index (χ3n) is 3.47. The van der Waals surface area contributed by atoms with Crippen LogP contribution >= 0.6 is 23.4 Å². The highest BCUT2D eigenvalue weighted by atomic mass is 35.5. The Morgan fingerprint density at radius 2 is 2.05 bits per heavy atom. The third kappa shape index (κ3) is 3.52. The van der Waals surface area contributed by atoms with Crippen molar-refractivity contribution in [2.24, 2.45) is 0 Å². The Balaban J connectivity index is 1.73. The number of nitrogens with zero attached hydrogens (tertiary/aromatic N) is 2. The van der Waals surface area contributed by atoms with Crippen LogP contribution in [-0.2, 0) is 9.53 Å². The molecule has 1 aromatic carbocycles. The summed E-state index contributed by atoms with van der Waals surface area (Å²) in [6.45, 7) is 3.05. The van der Waals surface area contributed by atoms with Crippen LogP contribution in [0.5, 0.6) is 0 Å². The predicted octanol–water partition coefficient (Wildman–Crippen LogP) is 2.67. The summed E-state index contributed by atoms with van der Waals surface area (Å²) in [6.07, 6.45) is 1.70. The average molecular weight is 339 g/mol. The van der Waals surface area contributed by atoms with E-state index in [-0.39, 0.29) is 11.1 Å². The van der Waals surface area contributed by atoms with Crippen molar-refractivity contribution in [2.45, 2.75) is 0 Å². The van der Waals surface area contributed by atoms with Crippen LogP contribution in [0, 0.1) is 0 Å². The normalized spacial score (nSPS) is 21.9. The van der Waals surface area contributed by atoms with Crippen molar-refractivity contribution in [3.05, 3.63) is 39.8 Å². The highest BCUT2D eigenvalue weighted by Crippen LogP contribution is 2.32. The minimum absolute atomic E-state index is 0.232. The van der Waals surface area contributed by atoms with Crippen LogP contribution in [0.1, 0.15) is 5.56 Å². The second-order valence-corrected chi connectivity index (χ2v) is 6.47. The standard InChI is InChI=1S/C15H15ClN2O3S/c16-12-3-1-2-11(8-12)9-13-14(19)18(15(20)22-13)10-17-4-6-21-7-5-17/h1-3,8-9H,4-7,10H2/b13-9+. The van der Waals surface area contributed by atoms with Gasteiger partial charge in [0.1, 0.15) is 0 Å². The first-order valence-corrected chi connectivity index (χ1v) is 8.14. The van der Waals surface area contributed by atoms with Crippen molar-refractivity contribution < 1.29 is 14.3 Å². The van der Waals surface area contributed by atoms with E-state index in [1.165, 1.54) is 4.90 Å². The van der Waals surface area contributed by atoms with Crippen molar-refractivity contribution >= 4 is 40.6 Å². The number of thioether (sulfide) groups is 1. The summed E-state index contributed by atoms with van der Waals surface area (Å²) in [4.78, 5) is 28.2. The van der Waals surface area contributed by atoms with Gasteiger partial charge in [-0.2, -0.15) is 0 Å². The molecular weight excluding hydrogens is 324 g/mol. The molecule has 0 aromatic heterocycles. The van der Waals surface area contributed by atoms with Gasteiger partial charge in [-0.15, -0.1) is 0 Å². The van der Waals surface area contributed by atoms with Gasteiger partial charge >= 0.3 is 0 Å². The number of hydrogen-bond donors (Lipinski definition) is 0. The molecule has 0 bridgehead atoms. The monoisotopic (exact) mass is 338 g/mol. The number of hydrogen-bond acceptors (Lipinski definition) is 5. The molecule has 5 nitrogen and oxygen atoms in total. The van der Waals surface area contributed by atoms with Crippen LogP contribution in [0.4, 0.5) is 4.79 Å². The highest BCUT2D eigenvalue weighted by molar-refractivity contribution is 8.18. The number of carbonyl (C=O) groups is 2. The maximum Gasteiger partial charge on any atom is 0.294 e. The fourth-order valence-corrected chi connectivity index (χ4v) is 3.34. The molecule has 22 heavy (non-hydrogen) atoms. The Morgan fingerprint density at radius 1 is 1.27 bits per heavy atom. The summed E-state index contributed by atoms with van der Waals surface area (Å²) in [5, 5.41) is 0.367. The maximum atomic E-state index is 12.4. The van der Waals surface area contributed by atoms with Crippen molar-refractivity contribution in [3.8, 4) is 0 Å². The number of carbonyl (C=O) groups excluding carboxylic acids is 2. The number of ether oxygens (including phenoxy) is 1. The number of imide groups is 1. The van der Waals surface area contributed by atoms with Crippen LogP contribution in [0.3, 0.4) is 0 Å². The second kappa shape index (κ2) is 6.83. The zero-order valence-electron chi connectivity index (χ0n) is 11.8. The van der Waals surface area contributed by atoms with Gasteiger partial charge in [-0.3, -0.25) is 19.4 Å². The van der Waals surface area contributed by atoms with E-state index in [1.807, 2.05) is 17.0 Å². The zero-order chi connectivity index (χ0) is 15.5. The van der Waals surface area contributed by atoms with E-state index in [0.717, 1.165) is 30.4 Å². The van der Waals surface area contributed by atoms with Gasteiger partial charge in [0.15, 0.2) is 0 Å². The molecule has 0 aliphatic carbocycles. The molecular formula is C15H15ClN2O3S. The van der Waals surface area contributed by atoms with Gasteiger partial charge < -0.3 is 4.74 Å². The Hall–Kier alpha value is -1.34. The molecule has 0 unspecified atom stereocenters. The summed E-state index contributed by atoms with van der Waals surface area (Å²) in [5.74, 6) is -0.249.